The zero-order valence-corrected chi connectivity index (χ0v) is 7.59. The first kappa shape index (κ1) is 8.04. The van der Waals surface area contributed by atoms with E-state index in [4.69, 9.17) is 0 Å². The minimum atomic E-state index is 0.792. The Balaban J connectivity index is 2.18. The van der Waals surface area contributed by atoms with Gasteiger partial charge < -0.3 is 9.13 Å². The van der Waals surface area contributed by atoms with Gasteiger partial charge in [-0.25, -0.2) is 0 Å². The van der Waals surface area contributed by atoms with Gasteiger partial charge in [-0.3, -0.25) is 0 Å². The predicted octanol–water partition coefficient (Wildman–Crippen LogP) is 1.15. The van der Waals surface area contributed by atoms with Crippen LogP contribution in [-0.4, -0.2) is 19.3 Å². The lowest BCUT2D eigenvalue weighted by atomic mass is 10.5. The normalized spacial score (nSPS) is 10.5. The smallest absolute Gasteiger partial charge is 0.152 e. The molecule has 0 spiro atoms. The molecule has 0 aliphatic heterocycles. The van der Waals surface area contributed by atoms with Gasteiger partial charge in [0.15, 0.2) is 5.82 Å². The van der Waals surface area contributed by atoms with Gasteiger partial charge in [-0.05, 0) is 19.1 Å². The van der Waals surface area contributed by atoms with Crippen LogP contribution < -0.4 is 0 Å². The monoisotopic (exact) mass is 176 g/mol. The topological polar surface area (TPSA) is 35.6 Å². The van der Waals surface area contributed by atoms with Crippen LogP contribution in [0.25, 0.3) is 0 Å². The van der Waals surface area contributed by atoms with Crippen molar-refractivity contribution in [3.05, 3.63) is 36.7 Å². The summed E-state index contributed by atoms with van der Waals surface area (Å²) in [6.07, 6.45) is 5.81. The fourth-order valence-electron chi connectivity index (χ4n) is 1.30. The molecule has 0 saturated heterocycles. The molecule has 2 heterocycles. The zero-order chi connectivity index (χ0) is 9.10. The zero-order valence-electron chi connectivity index (χ0n) is 7.59. The second kappa shape index (κ2) is 3.43. The van der Waals surface area contributed by atoms with Crippen molar-refractivity contribution in [1.29, 1.82) is 0 Å². The first-order valence-electron chi connectivity index (χ1n) is 4.37. The maximum Gasteiger partial charge on any atom is 0.152 e. The van der Waals surface area contributed by atoms with Crippen molar-refractivity contribution in [3.8, 4) is 0 Å². The lowest BCUT2D eigenvalue weighted by Gasteiger charge is -2.03. The van der Waals surface area contributed by atoms with E-state index in [0.29, 0.717) is 0 Å². The molecular weight excluding hydrogens is 164 g/mol. The van der Waals surface area contributed by atoms with Gasteiger partial charge in [-0.1, -0.05) is 0 Å². The standard InChI is InChI=1S/C9H12N4/c1-2-13-8-10-11-9(13)7-12-5-3-4-6-12/h3-6,8H,2,7H2,1H3. The molecule has 4 nitrogen and oxygen atoms in total. The van der Waals surface area contributed by atoms with Gasteiger partial charge in [0.25, 0.3) is 0 Å². The maximum absolute atomic E-state index is 4.05. The van der Waals surface area contributed by atoms with Crippen LogP contribution in [-0.2, 0) is 13.1 Å². The average Bonchev–Trinajstić information content (AvgIpc) is 2.76. The Labute approximate surface area is 76.8 Å². The molecule has 0 amide bonds. The molecule has 2 aromatic heterocycles. The van der Waals surface area contributed by atoms with Crippen LogP contribution in [0.2, 0.25) is 0 Å². The first-order valence-corrected chi connectivity index (χ1v) is 4.37. The Bertz CT molecular complexity index is 361. The highest BCUT2D eigenvalue weighted by Crippen LogP contribution is 1.99. The van der Waals surface area contributed by atoms with E-state index in [2.05, 4.69) is 21.7 Å². The van der Waals surface area contributed by atoms with Crippen LogP contribution in [0.15, 0.2) is 30.9 Å². The molecule has 68 valence electrons. The van der Waals surface area contributed by atoms with Gasteiger partial charge in [0.2, 0.25) is 0 Å². The van der Waals surface area contributed by atoms with Crippen LogP contribution in [0.1, 0.15) is 12.7 Å². The van der Waals surface area contributed by atoms with Gasteiger partial charge in [-0.2, -0.15) is 0 Å². The largest absolute Gasteiger partial charge is 0.347 e. The van der Waals surface area contributed by atoms with E-state index in [0.717, 1.165) is 18.9 Å². The van der Waals surface area contributed by atoms with E-state index in [9.17, 15) is 0 Å². The summed E-state index contributed by atoms with van der Waals surface area (Å²) in [5.74, 6) is 0.999. The summed E-state index contributed by atoms with van der Waals surface area (Å²) in [7, 11) is 0. The van der Waals surface area contributed by atoms with E-state index in [1.54, 1.807) is 6.33 Å². The quantitative estimate of drug-likeness (QED) is 0.703. The minimum absolute atomic E-state index is 0.792. The second-order valence-electron chi connectivity index (χ2n) is 2.89. The molecule has 0 aliphatic rings. The Morgan fingerprint density at radius 2 is 2.08 bits per heavy atom. The van der Waals surface area contributed by atoms with Crippen LogP contribution in [0.4, 0.5) is 0 Å². The minimum Gasteiger partial charge on any atom is -0.347 e. The molecule has 0 fully saturated rings. The highest BCUT2D eigenvalue weighted by molar-refractivity contribution is 4.95. The van der Waals surface area contributed by atoms with Crippen molar-refractivity contribution >= 4 is 0 Å². The average molecular weight is 176 g/mol. The first-order chi connectivity index (χ1) is 6.40. The molecule has 0 atom stereocenters. The fourth-order valence-corrected chi connectivity index (χ4v) is 1.30. The molecule has 13 heavy (non-hydrogen) atoms. The highest BCUT2D eigenvalue weighted by Gasteiger charge is 2.01. The number of hydrogen-bond donors (Lipinski definition) is 0. The molecule has 0 unspecified atom stereocenters. The Kier molecular flexibility index (Phi) is 2.12. The van der Waals surface area contributed by atoms with Gasteiger partial charge >= 0.3 is 0 Å². The van der Waals surface area contributed by atoms with Gasteiger partial charge in [-0.15, -0.1) is 10.2 Å². The van der Waals surface area contributed by atoms with E-state index in [1.165, 1.54) is 0 Å². The summed E-state index contributed by atoms with van der Waals surface area (Å²) >= 11 is 0. The van der Waals surface area contributed by atoms with E-state index < -0.39 is 0 Å². The van der Waals surface area contributed by atoms with E-state index in [1.807, 2.05) is 29.1 Å². The summed E-state index contributed by atoms with van der Waals surface area (Å²) in [5.41, 5.74) is 0. The third-order valence-electron chi connectivity index (χ3n) is 2.03. The molecular formula is C9H12N4. The lowest BCUT2D eigenvalue weighted by molar-refractivity contribution is 0.653. The summed E-state index contributed by atoms with van der Waals surface area (Å²) in [6, 6.07) is 4.01. The van der Waals surface area contributed by atoms with Crippen LogP contribution in [0, 0.1) is 0 Å². The third kappa shape index (κ3) is 1.61. The maximum atomic E-state index is 4.05. The van der Waals surface area contributed by atoms with Gasteiger partial charge in [0.1, 0.15) is 6.33 Å². The van der Waals surface area contributed by atoms with Crippen molar-refractivity contribution in [3.63, 3.8) is 0 Å². The second-order valence-corrected chi connectivity index (χ2v) is 2.89. The van der Waals surface area contributed by atoms with Crippen LogP contribution >= 0.6 is 0 Å². The third-order valence-corrected chi connectivity index (χ3v) is 2.03. The van der Waals surface area contributed by atoms with Crippen molar-refractivity contribution < 1.29 is 0 Å². The molecule has 0 bridgehead atoms. The Morgan fingerprint density at radius 3 is 2.77 bits per heavy atom. The van der Waals surface area contributed by atoms with Gasteiger partial charge in [0, 0.05) is 18.9 Å². The SMILES string of the molecule is CCn1cnnc1Cn1cccc1. The summed E-state index contributed by atoms with van der Waals surface area (Å²) in [5, 5.41) is 7.93. The van der Waals surface area contributed by atoms with E-state index in [-0.39, 0.29) is 0 Å². The molecule has 0 aliphatic carbocycles. The van der Waals surface area contributed by atoms with Crippen LogP contribution in [0.5, 0.6) is 0 Å². The number of aromatic nitrogens is 4. The summed E-state index contributed by atoms with van der Waals surface area (Å²) < 4.78 is 4.12. The highest BCUT2D eigenvalue weighted by atomic mass is 15.3. The molecule has 0 aromatic carbocycles. The summed E-state index contributed by atoms with van der Waals surface area (Å²) in [4.78, 5) is 0. The Hall–Kier alpha value is -1.58. The van der Waals surface area contributed by atoms with Crippen molar-refractivity contribution in [1.82, 2.24) is 19.3 Å². The number of aryl methyl sites for hydroxylation is 1. The van der Waals surface area contributed by atoms with Gasteiger partial charge in [0.05, 0.1) is 6.54 Å². The Morgan fingerprint density at radius 1 is 1.31 bits per heavy atom. The van der Waals surface area contributed by atoms with Crippen molar-refractivity contribution in [2.24, 2.45) is 0 Å². The molecule has 0 saturated carbocycles. The number of hydrogen-bond acceptors (Lipinski definition) is 2. The lowest BCUT2D eigenvalue weighted by Crippen LogP contribution is -2.05. The predicted molar refractivity (Wildman–Crippen MR) is 49.2 cm³/mol. The molecule has 2 rings (SSSR count). The number of rotatable bonds is 3. The van der Waals surface area contributed by atoms with E-state index >= 15 is 0 Å². The van der Waals surface area contributed by atoms with Crippen molar-refractivity contribution in [2.75, 3.05) is 0 Å². The molecule has 0 radical (unpaired) electrons. The fraction of sp³-hybridized carbons (Fsp3) is 0.333. The summed E-state index contributed by atoms with van der Waals surface area (Å²) in [6.45, 7) is 3.80. The molecule has 4 heteroatoms. The van der Waals surface area contributed by atoms with Crippen LogP contribution in [0.3, 0.4) is 0 Å². The number of nitrogens with zero attached hydrogens (tertiary/aromatic N) is 4. The molecule has 0 N–H and O–H groups in total. The molecule has 2 aromatic rings. The van der Waals surface area contributed by atoms with Crippen molar-refractivity contribution in [2.45, 2.75) is 20.0 Å².